The molecule has 0 radical (unpaired) electrons. The van der Waals surface area contributed by atoms with E-state index in [9.17, 15) is 4.79 Å². The third kappa shape index (κ3) is 3.02. The highest BCUT2D eigenvalue weighted by atomic mass is 16.5. The lowest BCUT2D eigenvalue weighted by Crippen LogP contribution is -2.04. The average Bonchev–Trinajstić information content (AvgIpc) is 2.84. The normalized spacial score (nSPS) is 10.8. The third-order valence-electron chi connectivity index (χ3n) is 3.12. The zero-order chi connectivity index (χ0) is 14.7. The first-order valence-corrected chi connectivity index (χ1v) is 6.52. The van der Waals surface area contributed by atoms with Gasteiger partial charge < -0.3 is 14.3 Å². The van der Waals surface area contributed by atoms with Crippen LogP contribution in [-0.2, 0) is 6.61 Å². The van der Waals surface area contributed by atoms with Crippen LogP contribution in [-0.4, -0.2) is 11.1 Å². The van der Waals surface area contributed by atoms with Crippen LogP contribution in [0.25, 0.3) is 0 Å². The van der Waals surface area contributed by atoms with Gasteiger partial charge in [-0.15, -0.1) is 0 Å². The molecule has 0 spiro atoms. The van der Waals surface area contributed by atoms with Crippen LogP contribution in [0, 0.1) is 6.92 Å². The van der Waals surface area contributed by atoms with Crippen molar-refractivity contribution in [2.45, 2.75) is 33.3 Å². The maximum absolute atomic E-state index is 11.0. The molecule has 1 N–H and O–H groups in total. The van der Waals surface area contributed by atoms with Gasteiger partial charge in [0.15, 0.2) is 0 Å². The van der Waals surface area contributed by atoms with Crippen molar-refractivity contribution in [3.05, 3.63) is 53.0 Å². The first kappa shape index (κ1) is 14.2. The first-order chi connectivity index (χ1) is 9.49. The Bertz CT molecular complexity index is 611. The van der Waals surface area contributed by atoms with Gasteiger partial charge in [-0.2, -0.15) is 0 Å². The largest absolute Gasteiger partial charge is 0.488 e. The second-order valence-electron chi connectivity index (χ2n) is 5.06. The predicted molar refractivity (Wildman–Crippen MR) is 75.3 cm³/mol. The Hall–Kier alpha value is -2.23. The molecule has 0 unspecified atom stereocenters. The highest BCUT2D eigenvalue weighted by molar-refractivity contribution is 5.86. The minimum absolute atomic E-state index is 0.0660. The van der Waals surface area contributed by atoms with Crippen molar-refractivity contribution in [2.75, 3.05) is 0 Å². The van der Waals surface area contributed by atoms with Gasteiger partial charge in [-0.05, 0) is 36.1 Å². The Morgan fingerprint density at radius 3 is 2.75 bits per heavy atom. The van der Waals surface area contributed by atoms with Gasteiger partial charge in [-0.25, -0.2) is 4.79 Å². The van der Waals surface area contributed by atoms with Crippen LogP contribution in [0.5, 0.6) is 5.75 Å². The number of carboxylic acids is 1. The van der Waals surface area contributed by atoms with Gasteiger partial charge in [0.2, 0.25) is 5.76 Å². The number of hydrogen-bond donors (Lipinski definition) is 1. The average molecular weight is 274 g/mol. The monoisotopic (exact) mass is 274 g/mol. The summed E-state index contributed by atoms with van der Waals surface area (Å²) < 4.78 is 10.7. The van der Waals surface area contributed by atoms with E-state index in [1.54, 1.807) is 6.07 Å². The van der Waals surface area contributed by atoms with Crippen molar-refractivity contribution in [3.8, 4) is 5.75 Å². The summed E-state index contributed by atoms with van der Waals surface area (Å²) in [5.74, 6) is -0.0166. The number of carbonyl (C=O) groups is 1. The number of hydrogen-bond acceptors (Lipinski definition) is 3. The lowest BCUT2D eigenvalue weighted by Gasteiger charge is -2.14. The molecule has 0 fully saturated rings. The van der Waals surface area contributed by atoms with Crippen LogP contribution in [0.2, 0.25) is 0 Å². The molecule has 0 bridgehead atoms. The standard InChI is InChI=1S/C16H18O4/c1-10(2)13-5-4-11(3)8-14(13)20-9-12-6-7-19-15(12)16(17)18/h4-8,10H,9H2,1-3H3,(H,17,18). The van der Waals surface area contributed by atoms with E-state index in [0.717, 1.165) is 16.9 Å². The molecule has 2 rings (SSSR count). The van der Waals surface area contributed by atoms with E-state index in [2.05, 4.69) is 13.8 Å². The van der Waals surface area contributed by atoms with Gasteiger partial charge in [0, 0.05) is 5.56 Å². The molecule has 4 heteroatoms. The smallest absolute Gasteiger partial charge is 0.372 e. The van der Waals surface area contributed by atoms with Gasteiger partial charge in [-0.1, -0.05) is 26.0 Å². The van der Waals surface area contributed by atoms with Gasteiger partial charge >= 0.3 is 5.97 Å². The summed E-state index contributed by atoms with van der Waals surface area (Å²) in [5, 5.41) is 8.99. The van der Waals surface area contributed by atoms with Crippen molar-refractivity contribution in [1.82, 2.24) is 0 Å². The van der Waals surface area contributed by atoms with E-state index >= 15 is 0 Å². The minimum atomic E-state index is -1.08. The van der Waals surface area contributed by atoms with Crippen LogP contribution in [0.3, 0.4) is 0 Å². The Balaban J connectivity index is 2.20. The molecular formula is C16H18O4. The number of rotatable bonds is 5. The predicted octanol–water partition coefficient (Wildman–Crippen LogP) is 3.99. The summed E-state index contributed by atoms with van der Waals surface area (Å²) in [4.78, 5) is 11.0. The number of aryl methyl sites for hydroxylation is 1. The molecule has 20 heavy (non-hydrogen) atoms. The Morgan fingerprint density at radius 2 is 2.10 bits per heavy atom. The quantitative estimate of drug-likeness (QED) is 0.895. The fourth-order valence-electron chi connectivity index (χ4n) is 2.04. The van der Waals surface area contributed by atoms with Crippen LogP contribution in [0.1, 0.15) is 47.0 Å². The van der Waals surface area contributed by atoms with Crippen LogP contribution in [0.4, 0.5) is 0 Å². The molecule has 1 heterocycles. The maximum Gasteiger partial charge on any atom is 0.372 e. The molecule has 4 nitrogen and oxygen atoms in total. The molecule has 1 aromatic carbocycles. The van der Waals surface area contributed by atoms with Crippen LogP contribution in [0.15, 0.2) is 34.9 Å². The van der Waals surface area contributed by atoms with Crippen molar-refractivity contribution in [3.63, 3.8) is 0 Å². The lowest BCUT2D eigenvalue weighted by molar-refractivity contribution is 0.0658. The van der Waals surface area contributed by atoms with Gasteiger partial charge in [0.25, 0.3) is 0 Å². The molecule has 1 aromatic heterocycles. The van der Waals surface area contributed by atoms with Gasteiger partial charge in [-0.3, -0.25) is 0 Å². The second-order valence-corrected chi connectivity index (χ2v) is 5.06. The van der Waals surface area contributed by atoms with Crippen LogP contribution >= 0.6 is 0 Å². The van der Waals surface area contributed by atoms with E-state index in [1.165, 1.54) is 6.26 Å². The van der Waals surface area contributed by atoms with E-state index < -0.39 is 5.97 Å². The SMILES string of the molecule is Cc1ccc(C(C)C)c(OCc2ccoc2C(=O)O)c1. The minimum Gasteiger partial charge on any atom is -0.488 e. The van der Waals surface area contributed by atoms with Crippen molar-refractivity contribution in [2.24, 2.45) is 0 Å². The molecule has 0 aliphatic carbocycles. The zero-order valence-corrected chi connectivity index (χ0v) is 11.8. The Morgan fingerprint density at radius 1 is 1.35 bits per heavy atom. The van der Waals surface area contributed by atoms with E-state index in [0.29, 0.717) is 11.5 Å². The van der Waals surface area contributed by atoms with E-state index in [1.807, 2.05) is 25.1 Å². The van der Waals surface area contributed by atoms with Crippen LogP contribution < -0.4 is 4.74 Å². The Labute approximate surface area is 118 Å². The summed E-state index contributed by atoms with van der Waals surface area (Å²) >= 11 is 0. The number of furan rings is 1. The summed E-state index contributed by atoms with van der Waals surface area (Å²) in [5.41, 5.74) is 2.75. The zero-order valence-electron chi connectivity index (χ0n) is 11.8. The molecule has 0 aliphatic heterocycles. The number of carboxylic acid groups (broad SMARTS) is 1. The summed E-state index contributed by atoms with van der Waals surface area (Å²) in [7, 11) is 0. The summed E-state index contributed by atoms with van der Waals surface area (Å²) in [6, 6.07) is 7.68. The second kappa shape index (κ2) is 5.82. The molecule has 0 amide bonds. The first-order valence-electron chi connectivity index (χ1n) is 6.52. The molecule has 0 saturated carbocycles. The van der Waals surface area contributed by atoms with Gasteiger partial charge in [0.1, 0.15) is 12.4 Å². The molecular weight excluding hydrogens is 256 g/mol. The number of aromatic carboxylic acids is 1. The van der Waals surface area contributed by atoms with E-state index in [4.69, 9.17) is 14.3 Å². The maximum atomic E-state index is 11.0. The number of ether oxygens (including phenoxy) is 1. The fraction of sp³-hybridized carbons (Fsp3) is 0.312. The fourth-order valence-corrected chi connectivity index (χ4v) is 2.04. The highest BCUT2D eigenvalue weighted by Crippen LogP contribution is 2.28. The molecule has 0 atom stereocenters. The number of benzene rings is 1. The lowest BCUT2D eigenvalue weighted by atomic mass is 10.0. The van der Waals surface area contributed by atoms with Crippen molar-refractivity contribution < 1.29 is 19.1 Å². The summed E-state index contributed by atoms with van der Waals surface area (Å²) in [6.45, 7) is 6.37. The molecule has 2 aromatic rings. The third-order valence-corrected chi connectivity index (χ3v) is 3.12. The summed E-state index contributed by atoms with van der Waals surface area (Å²) in [6.07, 6.45) is 1.36. The van der Waals surface area contributed by atoms with Crippen molar-refractivity contribution in [1.29, 1.82) is 0 Å². The highest BCUT2D eigenvalue weighted by Gasteiger charge is 2.15. The molecule has 0 saturated heterocycles. The van der Waals surface area contributed by atoms with E-state index in [-0.39, 0.29) is 12.4 Å². The molecule has 106 valence electrons. The molecule has 0 aliphatic rings. The van der Waals surface area contributed by atoms with Crippen molar-refractivity contribution >= 4 is 5.97 Å². The topological polar surface area (TPSA) is 59.7 Å². The van der Waals surface area contributed by atoms with Gasteiger partial charge in [0.05, 0.1) is 6.26 Å². The Kier molecular flexibility index (Phi) is 4.13.